The molecule has 3 aromatic rings. The van der Waals surface area contributed by atoms with Crippen LogP contribution < -0.4 is 5.32 Å². The second kappa shape index (κ2) is 6.93. The maximum atomic E-state index is 5.40. The van der Waals surface area contributed by atoms with Crippen molar-refractivity contribution in [1.82, 2.24) is 15.2 Å². The monoisotopic (exact) mass is 320 g/mol. The third-order valence-corrected chi connectivity index (χ3v) is 4.51. The zero-order valence-corrected chi connectivity index (χ0v) is 13.5. The Bertz CT molecular complexity index is 825. The first-order chi connectivity index (χ1) is 11.9. The molecule has 4 rings (SSSR count). The fraction of sp³-hybridized carbons (Fsp3) is 0.316. The van der Waals surface area contributed by atoms with Gasteiger partial charge in [0.25, 0.3) is 0 Å². The Hall–Kier alpha value is -2.53. The minimum Gasteiger partial charge on any atom is -0.381 e. The Balaban J connectivity index is 1.57. The highest BCUT2D eigenvalue weighted by Gasteiger charge is 2.14. The van der Waals surface area contributed by atoms with Crippen molar-refractivity contribution in [3.8, 4) is 11.3 Å². The third-order valence-electron chi connectivity index (χ3n) is 4.51. The van der Waals surface area contributed by atoms with Crippen molar-refractivity contribution in [3.05, 3.63) is 48.7 Å². The van der Waals surface area contributed by atoms with E-state index in [9.17, 15) is 0 Å². The van der Waals surface area contributed by atoms with Gasteiger partial charge in [-0.05, 0) is 29.5 Å². The molecule has 1 aliphatic heterocycles. The molecule has 0 atom stereocenters. The van der Waals surface area contributed by atoms with Gasteiger partial charge < -0.3 is 10.1 Å². The minimum absolute atomic E-state index is 0.590. The second-order valence-electron chi connectivity index (χ2n) is 6.13. The van der Waals surface area contributed by atoms with Crippen molar-refractivity contribution in [2.45, 2.75) is 12.8 Å². The van der Waals surface area contributed by atoms with Crippen molar-refractivity contribution >= 4 is 16.7 Å². The molecule has 2 aromatic carbocycles. The van der Waals surface area contributed by atoms with Gasteiger partial charge in [0.2, 0.25) is 5.95 Å². The molecule has 0 unspecified atom stereocenters. The number of benzene rings is 2. The van der Waals surface area contributed by atoms with Crippen LogP contribution in [0.15, 0.2) is 48.7 Å². The normalized spacial score (nSPS) is 15.5. The van der Waals surface area contributed by atoms with Gasteiger partial charge in [0.05, 0.1) is 11.9 Å². The number of fused-ring (bicyclic) bond motifs is 1. The van der Waals surface area contributed by atoms with Crippen LogP contribution in [0.5, 0.6) is 0 Å². The Morgan fingerprint density at radius 2 is 1.88 bits per heavy atom. The van der Waals surface area contributed by atoms with Crippen LogP contribution in [-0.2, 0) is 4.74 Å². The van der Waals surface area contributed by atoms with E-state index in [1.807, 2.05) is 12.1 Å². The molecule has 1 aromatic heterocycles. The van der Waals surface area contributed by atoms with E-state index in [1.165, 1.54) is 10.8 Å². The van der Waals surface area contributed by atoms with Crippen LogP contribution in [0.4, 0.5) is 5.95 Å². The highest BCUT2D eigenvalue weighted by atomic mass is 16.5. The third kappa shape index (κ3) is 3.21. The minimum atomic E-state index is 0.590. The van der Waals surface area contributed by atoms with E-state index in [1.54, 1.807) is 6.20 Å². The summed E-state index contributed by atoms with van der Waals surface area (Å²) in [6.07, 6.45) is 3.90. The van der Waals surface area contributed by atoms with Gasteiger partial charge in [-0.25, -0.2) is 4.98 Å². The molecule has 122 valence electrons. The molecule has 0 aliphatic carbocycles. The predicted octanol–water partition coefficient (Wildman–Crippen LogP) is 3.53. The summed E-state index contributed by atoms with van der Waals surface area (Å²) in [5.74, 6) is 1.20. The van der Waals surface area contributed by atoms with Gasteiger partial charge in [-0.2, -0.15) is 5.10 Å². The first kappa shape index (κ1) is 15.0. The standard InChI is InChI=1S/C19H20N4O/c1-2-6-16-15(4-1)5-3-7-17(16)18-13-21-23-19(22-18)20-12-14-8-10-24-11-9-14/h1-7,13-14H,8-12H2,(H,20,22,23). The summed E-state index contributed by atoms with van der Waals surface area (Å²) in [6.45, 7) is 2.56. The van der Waals surface area contributed by atoms with Crippen LogP contribution >= 0.6 is 0 Å². The van der Waals surface area contributed by atoms with Crippen LogP contribution in [0.1, 0.15) is 12.8 Å². The summed E-state index contributed by atoms with van der Waals surface area (Å²) >= 11 is 0. The largest absolute Gasteiger partial charge is 0.381 e. The first-order valence-corrected chi connectivity index (χ1v) is 8.39. The van der Waals surface area contributed by atoms with Gasteiger partial charge in [-0.3, -0.25) is 0 Å². The second-order valence-corrected chi connectivity index (χ2v) is 6.13. The highest BCUT2D eigenvalue weighted by Crippen LogP contribution is 2.27. The van der Waals surface area contributed by atoms with Gasteiger partial charge >= 0.3 is 0 Å². The lowest BCUT2D eigenvalue weighted by molar-refractivity contribution is 0.0699. The zero-order valence-electron chi connectivity index (χ0n) is 13.5. The summed E-state index contributed by atoms with van der Waals surface area (Å²) in [7, 11) is 0. The van der Waals surface area contributed by atoms with Crippen molar-refractivity contribution in [2.24, 2.45) is 5.92 Å². The molecule has 2 heterocycles. The number of nitrogens with one attached hydrogen (secondary N) is 1. The number of nitrogens with zero attached hydrogens (tertiary/aromatic N) is 3. The van der Waals surface area contributed by atoms with Gasteiger partial charge in [0, 0.05) is 25.3 Å². The van der Waals surface area contributed by atoms with E-state index >= 15 is 0 Å². The molecule has 0 radical (unpaired) electrons. The molecular formula is C19H20N4O. The van der Waals surface area contributed by atoms with Crippen molar-refractivity contribution in [1.29, 1.82) is 0 Å². The molecule has 1 saturated heterocycles. The molecule has 5 nitrogen and oxygen atoms in total. The Morgan fingerprint density at radius 3 is 2.79 bits per heavy atom. The average Bonchev–Trinajstić information content (AvgIpc) is 2.67. The van der Waals surface area contributed by atoms with Gasteiger partial charge in [-0.15, -0.1) is 5.10 Å². The summed E-state index contributed by atoms with van der Waals surface area (Å²) in [5.41, 5.74) is 1.92. The van der Waals surface area contributed by atoms with Crippen LogP contribution in [0.2, 0.25) is 0 Å². The van der Waals surface area contributed by atoms with Crippen molar-refractivity contribution in [2.75, 3.05) is 25.1 Å². The molecule has 1 aliphatic rings. The van der Waals surface area contributed by atoms with Crippen molar-refractivity contribution in [3.63, 3.8) is 0 Å². The lowest BCUT2D eigenvalue weighted by Crippen LogP contribution is -2.23. The molecule has 1 N–H and O–H groups in total. The lowest BCUT2D eigenvalue weighted by atomic mass is 10.0. The summed E-state index contributed by atoms with van der Waals surface area (Å²) < 4.78 is 5.40. The van der Waals surface area contributed by atoms with Gasteiger partial charge in [-0.1, -0.05) is 42.5 Å². The molecular weight excluding hydrogens is 300 g/mol. The van der Waals surface area contributed by atoms with Crippen LogP contribution in [0.25, 0.3) is 22.0 Å². The number of anilines is 1. The van der Waals surface area contributed by atoms with E-state index in [0.717, 1.165) is 43.9 Å². The number of ether oxygens (including phenoxy) is 1. The number of hydrogen-bond acceptors (Lipinski definition) is 5. The fourth-order valence-electron chi connectivity index (χ4n) is 3.14. The first-order valence-electron chi connectivity index (χ1n) is 8.39. The van der Waals surface area contributed by atoms with Gasteiger partial charge in [0.15, 0.2) is 0 Å². The summed E-state index contributed by atoms with van der Waals surface area (Å²) in [6, 6.07) is 14.6. The smallest absolute Gasteiger partial charge is 0.243 e. The Morgan fingerprint density at radius 1 is 1.04 bits per heavy atom. The number of rotatable bonds is 4. The van der Waals surface area contributed by atoms with E-state index in [0.29, 0.717) is 11.9 Å². The topological polar surface area (TPSA) is 59.9 Å². The fourth-order valence-corrected chi connectivity index (χ4v) is 3.14. The SMILES string of the molecule is c1ccc2c(-c3cnnc(NCC4CCOCC4)n3)cccc2c1. The molecule has 0 spiro atoms. The molecule has 24 heavy (non-hydrogen) atoms. The van der Waals surface area contributed by atoms with E-state index in [4.69, 9.17) is 4.74 Å². The van der Waals surface area contributed by atoms with Crippen LogP contribution in [0.3, 0.4) is 0 Å². The van der Waals surface area contributed by atoms with Crippen molar-refractivity contribution < 1.29 is 4.74 Å². The quantitative estimate of drug-likeness (QED) is 0.797. The molecule has 0 bridgehead atoms. The van der Waals surface area contributed by atoms with Crippen LogP contribution in [0, 0.1) is 5.92 Å². The van der Waals surface area contributed by atoms with Gasteiger partial charge in [0.1, 0.15) is 0 Å². The summed E-state index contributed by atoms with van der Waals surface area (Å²) in [5, 5.41) is 14.0. The maximum absolute atomic E-state index is 5.40. The van der Waals surface area contributed by atoms with E-state index < -0.39 is 0 Å². The molecule has 5 heteroatoms. The maximum Gasteiger partial charge on any atom is 0.243 e. The zero-order chi connectivity index (χ0) is 16.2. The van der Waals surface area contributed by atoms with E-state index in [2.05, 4.69) is 50.8 Å². The van der Waals surface area contributed by atoms with E-state index in [-0.39, 0.29) is 0 Å². The number of hydrogen-bond donors (Lipinski definition) is 1. The Kier molecular flexibility index (Phi) is 4.34. The lowest BCUT2D eigenvalue weighted by Gasteiger charge is -2.22. The molecule has 1 fully saturated rings. The summed E-state index contributed by atoms with van der Waals surface area (Å²) in [4.78, 5) is 4.66. The molecule has 0 amide bonds. The average molecular weight is 320 g/mol. The van der Waals surface area contributed by atoms with Crippen LogP contribution in [-0.4, -0.2) is 34.9 Å². The molecule has 0 saturated carbocycles. The Labute approximate surface area is 141 Å². The highest BCUT2D eigenvalue weighted by molar-refractivity contribution is 5.95. The number of aromatic nitrogens is 3. The predicted molar refractivity (Wildman–Crippen MR) is 94.8 cm³/mol.